The van der Waals surface area contributed by atoms with Gasteiger partial charge in [-0.1, -0.05) is 132 Å². The van der Waals surface area contributed by atoms with Gasteiger partial charge in [0, 0.05) is 0 Å². The van der Waals surface area contributed by atoms with Crippen LogP contribution in [0.1, 0.15) is 74.9 Å². The molecule has 5 aromatic rings. The van der Waals surface area contributed by atoms with Crippen molar-refractivity contribution in [1.82, 2.24) is 0 Å². The van der Waals surface area contributed by atoms with Crippen LogP contribution >= 0.6 is 22.2 Å². The summed E-state index contributed by atoms with van der Waals surface area (Å²) in [5, 5.41) is 2.05. The van der Waals surface area contributed by atoms with Gasteiger partial charge >= 0.3 is 32.9 Å². The molecule has 0 N–H and O–H groups in total. The minimum Gasteiger partial charge on any atom is -0.214 e. The number of halogens is 2. The number of hydrogen-bond acceptors (Lipinski definition) is 0. The molecule has 0 saturated heterocycles. The molecule has 0 saturated carbocycles. The quantitative estimate of drug-likeness (QED) is 0.0952. The van der Waals surface area contributed by atoms with Crippen molar-refractivity contribution in [2.75, 3.05) is 0 Å². The predicted octanol–water partition coefficient (Wildman–Crippen LogP) is 10.4. The Hall–Kier alpha value is -2.09. The third kappa shape index (κ3) is 8.79. The SMILES string of the molecule is Cc1[c-]c2c(cc1C(C)(C)C)-c1cc(C(C)(C)C)c(C)cc1C2.Cl[Si](Cl)(c1ccccc1)c1ccccc1.[Zr+2].c1cc[cH-]c1. The first-order valence-corrected chi connectivity index (χ1v) is 19.1. The average Bonchev–Trinajstić information content (AvgIpc) is 3.64. The third-order valence-corrected chi connectivity index (χ3v) is 12.6. The summed E-state index contributed by atoms with van der Waals surface area (Å²) >= 11 is 13.0. The van der Waals surface area contributed by atoms with E-state index >= 15 is 0 Å². The standard InChI is InChI=1S/C23H29.C12H10Cl2Si.C5H5.Zr/c1-14-9-16-11-17-10-15(2)21(23(6,7)8)13-19(17)18(16)12-20(14)22(3,4)5;13-15(14,11-7-3-1-4-8-11)12-9-5-2-6-10-12;1-2-4-5-3-1;/h9,12-13H,11H2,1-8H3;1-10H;1-5H;/q-1;;-1;+2. The van der Waals surface area contributed by atoms with Gasteiger partial charge in [-0.2, -0.15) is 35.9 Å². The first-order valence-electron chi connectivity index (χ1n) is 15.1. The van der Waals surface area contributed by atoms with E-state index < -0.39 is 6.69 Å². The summed E-state index contributed by atoms with van der Waals surface area (Å²) in [4.78, 5) is 0. The van der Waals surface area contributed by atoms with E-state index in [1.807, 2.05) is 91.0 Å². The predicted molar refractivity (Wildman–Crippen MR) is 192 cm³/mol. The van der Waals surface area contributed by atoms with Crippen LogP contribution in [-0.2, 0) is 43.5 Å². The fraction of sp³-hybridized carbons (Fsp3) is 0.275. The maximum atomic E-state index is 6.49. The molecule has 0 aromatic heterocycles. The maximum Gasteiger partial charge on any atom is 2.00 e. The smallest absolute Gasteiger partial charge is 0.214 e. The molecule has 1 aliphatic rings. The molecule has 0 aliphatic heterocycles. The number of benzene rings is 4. The Labute approximate surface area is 295 Å². The Morgan fingerprint density at radius 3 is 1.57 bits per heavy atom. The van der Waals surface area contributed by atoms with E-state index in [1.54, 1.807) is 0 Å². The molecule has 5 aromatic carbocycles. The topological polar surface area (TPSA) is 0 Å². The van der Waals surface area contributed by atoms with Gasteiger partial charge in [-0.15, -0.1) is 38.8 Å². The maximum absolute atomic E-state index is 6.49. The summed E-state index contributed by atoms with van der Waals surface area (Å²) in [6.07, 6.45) is 1.03. The zero-order chi connectivity index (χ0) is 31.4. The van der Waals surface area contributed by atoms with Crippen LogP contribution in [0.4, 0.5) is 0 Å². The molecule has 0 spiro atoms. The fourth-order valence-electron chi connectivity index (χ4n) is 5.80. The van der Waals surface area contributed by atoms with E-state index in [0.717, 1.165) is 16.8 Å². The Bertz CT molecular complexity index is 1500. The van der Waals surface area contributed by atoms with Gasteiger partial charge in [-0.3, -0.25) is 0 Å². The molecule has 0 unspecified atom stereocenters. The van der Waals surface area contributed by atoms with Crippen LogP contribution in [0.2, 0.25) is 0 Å². The number of hydrogen-bond donors (Lipinski definition) is 0. The van der Waals surface area contributed by atoms with Crippen LogP contribution in [0, 0.1) is 19.9 Å². The zero-order valence-electron chi connectivity index (χ0n) is 27.4. The summed E-state index contributed by atoms with van der Waals surface area (Å²) < 4.78 is 0. The second-order valence-corrected chi connectivity index (χ2v) is 19.8. The molecular formula is C40H44Cl2SiZr. The van der Waals surface area contributed by atoms with Gasteiger partial charge in [-0.25, -0.2) is 12.1 Å². The second kappa shape index (κ2) is 15.0. The summed E-state index contributed by atoms with van der Waals surface area (Å²) in [5.74, 6) is 0. The normalized spacial score (nSPS) is 12.0. The molecule has 226 valence electrons. The van der Waals surface area contributed by atoms with E-state index in [0.29, 0.717) is 0 Å². The molecule has 44 heavy (non-hydrogen) atoms. The van der Waals surface area contributed by atoms with Gasteiger partial charge in [0.15, 0.2) is 0 Å². The first-order chi connectivity index (χ1) is 20.2. The fourth-order valence-corrected chi connectivity index (χ4v) is 8.87. The molecule has 0 heterocycles. The van der Waals surface area contributed by atoms with Crippen molar-refractivity contribution >= 4 is 39.2 Å². The minimum atomic E-state index is -2.51. The van der Waals surface area contributed by atoms with Crippen LogP contribution in [0.15, 0.2) is 109 Å². The third-order valence-electron chi connectivity index (χ3n) is 7.91. The molecule has 4 heteroatoms. The molecule has 0 radical (unpaired) electrons. The molecular weight excluding hydrogens is 671 g/mol. The van der Waals surface area contributed by atoms with Crippen molar-refractivity contribution in [3.05, 3.63) is 149 Å². The molecule has 6 rings (SSSR count). The summed E-state index contributed by atoms with van der Waals surface area (Å²) in [5.41, 5.74) is 11.6. The van der Waals surface area contributed by atoms with E-state index in [9.17, 15) is 0 Å². The van der Waals surface area contributed by atoms with Crippen molar-refractivity contribution in [3.63, 3.8) is 0 Å². The van der Waals surface area contributed by atoms with Crippen LogP contribution in [0.5, 0.6) is 0 Å². The first kappa shape index (κ1) is 36.4. The molecule has 0 fully saturated rings. The monoisotopic (exact) mass is 712 g/mol. The number of rotatable bonds is 2. The van der Waals surface area contributed by atoms with Crippen molar-refractivity contribution in [2.45, 2.75) is 72.6 Å². The van der Waals surface area contributed by atoms with E-state index in [4.69, 9.17) is 22.2 Å². The van der Waals surface area contributed by atoms with Gasteiger partial charge < -0.3 is 0 Å². The van der Waals surface area contributed by atoms with Crippen LogP contribution in [-0.4, -0.2) is 6.69 Å². The Morgan fingerprint density at radius 2 is 1.14 bits per heavy atom. The molecule has 0 nitrogen and oxygen atoms in total. The Morgan fingerprint density at radius 1 is 0.659 bits per heavy atom. The largest absolute Gasteiger partial charge is 2.00 e. The second-order valence-electron chi connectivity index (χ2n) is 13.5. The minimum absolute atomic E-state index is 0. The van der Waals surface area contributed by atoms with Crippen LogP contribution in [0.3, 0.4) is 0 Å². The van der Waals surface area contributed by atoms with Crippen LogP contribution in [0.25, 0.3) is 11.1 Å². The van der Waals surface area contributed by atoms with Gasteiger partial charge in [0.2, 0.25) is 0 Å². The summed E-state index contributed by atoms with van der Waals surface area (Å²) in [6, 6.07) is 40.7. The Balaban J connectivity index is 0.000000215. The summed E-state index contributed by atoms with van der Waals surface area (Å²) in [6.45, 7) is 15.7. The summed E-state index contributed by atoms with van der Waals surface area (Å²) in [7, 11) is 0. The van der Waals surface area contributed by atoms with Crippen molar-refractivity contribution in [1.29, 1.82) is 0 Å². The number of fused-ring (bicyclic) bond motifs is 3. The van der Waals surface area contributed by atoms with E-state index in [-0.39, 0.29) is 37.0 Å². The Kier molecular flexibility index (Phi) is 12.4. The molecule has 1 aliphatic carbocycles. The zero-order valence-corrected chi connectivity index (χ0v) is 32.3. The van der Waals surface area contributed by atoms with Crippen LogP contribution < -0.4 is 10.4 Å². The average molecular weight is 715 g/mol. The van der Waals surface area contributed by atoms with Gasteiger partial charge in [0.25, 0.3) is 0 Å². The molecule has 0 bridgehead atoms. The molecule has 0 atom stereocenters. The number of aryl methyl sites for hydroxylation is 2. The van der Waals surface area contributed by atoms with Gasteiger partial charge in [0.1, 0.15) is 0 Å². The van der Waals surface area contributed by atoms with E-state index in [1.165, 1.54) is 44.5 Å². The van der Waals surface area contributed by atoms with Crippen molar-refractivity contribution < 1.29 is 26.2 Å². The molecule has 0 amide bonds. The van der Waals surface area contributed by atoms with E-state index in [2.05, 4.69) is 79.7 Å². The van der Waals surface area contributed by atoms with Crippen molar-refractivity contribution in [3.8, 4) is 11.1 Å². The van der Waals surface area contributed by atoms with Gasteiger partial charge in [-0.05, 0) is 45.8 Å². The van der Waals surface area contributed by atoms with Crippen molar-refractivity contribution in [2.24, 2.45) is 0 Å². The van der Waals surface area contributed by atoms with Gasteiger partial charge in [0.05, 0.1) is 0 Å².